The summed E-state index contributed by atoms with van der Waals surface area (Å²) in [7, 11) is 0. The monoisotopic (exact) mass is 293 g/mol. The fourth-order valence-corrected chi connectivity index (χ4v) is 1.71. The minimum Gasteiger partial charge on any atom is -0.618 e. The predicted octanol–water partition coefficient (Wildman–Crippen LogP) is 2.94. The van der Waals surface area contributed by atoms with Gasteiger partial charge in [-0.15, -0.1) is 0 Å². The summed E-state index contributed by atoms with van der Waals surface area (Å²) >= 11 is 5.95. The fraction of sp³-hybridized carbons (Fsp3) is 0.143. The number of ether oxygens (including phenoxy) is 2. The van der Waals surface area contributed by atoms with E-state index in [2.05, 4.69) is 0 Å². The van der Waals surface area contributed by atoms with Crippen LogP contribution in [0.3, 0.4) is 0 Å². The number of aromatic nitrogens is 1. The van der Waals surface area contributed by atoms with E-state index in [0.29, 0.717) is 15.5 Å². The Balaban J connectivity index is 2.21. The van der Waals surface area contributed by atoms with Crippen molar-refractivity contribution in [3.63, 3.8) is 0 Å². The molecule has 20 heavy (non-hydrogen) atoms. The predicted molar refractivity (Wildman–Crippen MR) is 72.9 cm³/mol. The van der Waals surface area contributed by atoms with Gasteiger partial charge < -0.3 is 14.7 Å². The lowest BCUT2D eigenvalue weighted by Gasteiger charge is -2.08. The summed E-state index contributed by atoms with van der Waals surface area (Å²) in [6, 6.07) is 9.74. The van der Waals surface area contributed by atoms with Gasteiger partial charge in [0.2, 0.25) is 6.20 Å². The number of rotatable bonds is 4. The van der Waals surface area contributed by atoms with Crippen molar-refractivity contribution in [2.45, 2.75) is 6.92 Å². The highest BCUT2D eigenvalue weighted by Gasteiger charge is 2.18. The van der Waals surface area contributed by atoms with Gasteiger partial charge in [0.15, 0.2) is 5.75 Å². The molecule has 0 aliphatic heterocycles. The Morgan fingerprint density at radius 2 is 2.05 bits per heavy atom. The molecule has 0 atom stereocenters. The molecule has 0 fully saturated rings. The van der Waals surface area contributed by atoms with Gasteiger partial charge in [-0.3, -0.25) is 0 Å². The number of halogens is 1. The average Bonchev–Trinajstić information content (AvgIpc) is 2.42. The van der Waals surface area contributed by atoms with Gasteiger partial charge in [-0.2, -0.15) is 4.73 Å². The van der Waals surface area contributed by atoms with Crippen LogP contribution in [0.1, 0.15) is 17.4 Å². The maximum absolute atomic E-state index is 11.7. The van der Waals surface area contributed by atoms with Gasteiger partial charge in [-0.25, -0.2) is 4.79 Å². The van der Waals surface area contributed by atoms with E-state index in [9.17, 15) is 10.0 Å². The third kappa shape index (κ3) is 3.19. The van der Waals surface area contributed by atoms with E-state index in [0.717, 1.165) is 6.20 Å². The standard InChI is InChI=1S/C14H12ClNO4/c1-2-19-14(17)12-8-7-10(9-16(12)18)20-13-6-4-3-5-11(13)15/h3-9H,2H2,1H3. The first-order valence-electron chi connectivity index (χ1n) is 5.94. The Morgan fingerprint density at radius 1 is 1.30 bits per heavy atom. The Bertz CT molecular complexity index is 630. The van der Waals surface area contributed by atoms with E-state index in [1.807, 2.05) is 0 Å². The molecule has 6 heteroatoms. The third-order valence-corrected chi connectivity index (χ3v) is 2.75. The molecule has 0 unspecified atom stereocenters. The van der Waals surface area contributed by atoms with Crippen molar-refractivity contribution in [2.24, 2.45) is 0 Å². The summed E-state index contributed by atoms with van der Waals surface area (Å²) < 4.78 is 10.7. The second-order valence-electron chi connectivity index (χ2n) is 3.83. The van der Waals surface area contributed by atoms with Crippen LogP contribution in [0.15, 0.2) is 42.6 Å². The Labute approximate surface area is 120 Å². The topological polar surface area (TPSA) is 62.5 Å². The Hall–Kier alpha value is -2.27. The zero-order valence-electron chi connectivity index (χ0n) is 10.7. The zero-order valence-corrected chi connectivity index (χ0v) is 11.5. The first-order valence-corrected chi connectivity index (χ1v) is 6.32. The Kier molecular flexibility index (Phi) is 4.42. The number of benzene rings is 1. The highest BCUT2D eigenvalue weighted by Crippen LogP contribution is 2.28. The summed E-state index contributed by atoms with van der Waals surface area (Å²) in [6.45, 7) is 1.87. The lowest BCUT2D eigenvalue weighted by molar-refractivity contribution is -0.608. The number of para-hydroxylation sites is 1. The van der Waals surface area contributed by atoms with Gasteiger partial charge in [0, 0.05) is 6.07 Å². The number of pyridine rings is 1. The average molecular weight is 294 g/mol. The van der Waals surface area contributed by atoms with Gasteiger partial charge >= 0.3 is 11.7 Å². The fourth-order valence-electron chi connectivity index (χ4n) is 1.54. The van der Waals surface area contributed by atoms with Crippen LogP contribution in [0.5, 0.6) is 11.5 Å². The van der Waals surface area contributed by atoms with Crippen molar-refractivity contribution in [2.75, 3.05) is 6.61 Å². The molecule has 0 radical (unpaired) electrons. The molecule has 0 spiro atoms. The summed E-state index contributed by atoms with van der Waals surface area (Å²) in [5.41, 5.74) is -0.0987. The van der Waals surface area contributed by atoms with E-state index in [-0.39, 0.29) is 18.1 Å². The van der Waals surface area contributed by atoms with Gasteiger partial charge in [-0.1, -0.05) is 23.7 Å². The van der Waals surface area contributed by atoms with Crippen LogP contribution in [0.2, 0.25) is 5.02 Å². The first kappa shape index (κ1) is 14.1. The number of hydrogen-bond acceptors (Lipinski definition) is 4. The highest BCUT2D eigenvalue weighted by molar-refractivity contribution is 6.32. The van der Waals surface area contributed by atoms with Crippen molar-refractivity contribution in [1.29, 1.82) is 0 Å². The molecule has 0 amide bonds. The lowest BCUT2D eigenvalue weighted by atomic mass is 10.3. The Morgan fingerprint density at radius 3 is 2.70 bits per heavy atom. The highest BCUT2D eigenvalue weighted by atomic mass is 35.5. The maximum atomic E-state index is 11.7. The smallest absolute Gasteiger partial charge is 0.405 e. The molecule has 0 aliphatic rings. The lowest BCUT2D eigenvalue weighted by Crippen LogP contribution is -2.34. The summed E-state index contributed by atoms with van der Waals surface area (Å²) in [5, 5.41) is 12.2. The van der Waals surface area contributed by atoms with Crippen molar-refractivity contribution in [3.05, 3.63) is 58.5 Å². The van der Waals surface area contributed by atoms with Crippen molar-refractivity contribution >= 4 is 17.6 Å². The quantitative estimate of drug-likeness (QED) is 0.494. The van der Waals surface area contributed by atoms with E-state index >= 15 is 0 Å². The largest absolute Gasteiger partial charge is 0.618 e. The van der Waals surface area contributed by atoms with Crippen molar-refractivity contribution in [3.8, 4) is 11.5 Å². The molecule has 104 valence electrons. The maximum Gasteiger partial charge on any atom is 0.405 e. The van der Waals surface area contributed by atoms with E-state index in [1.165, 1.54) is 12.1 Å². The molecular weight excluding hydrogens is 282 g/mol. The molecule has 5 nitrogen and oxygen atoms in total. The second kappa shape index (κ2) is 6.25. The molecule has 1 aromatic carbocycles. The van der Waals surface area contributed by atoms with Gasteiger partial charge in [0.1, 0.15) is 5.75 Å². The normalized spacial score (nSPS) is 10.1. The van der Waals surface area contributed by atoms with Gasteiger partial charge in [0.05, 0.1) is 11.6 Å². The van der Waals surface area contributed by atoms with Crippen LogP contribution in [0, 0.1) is 5.21 Å². The number of hydrogen-bond donors (Lipinski definition) is 0. The van der Waals surface area contributed by atoms with Crippen molar-refractivity contribution in [1.82, 2.24) is 0 Å². The van der Waals surface area contributed by atoms with E-state index in [4.69, 9.17) is 21.1 Å². The van der Waals surface area contributed by atoms with Gasteiger partial charge in [0.25, 0.3) is 0 Å². The van der Waals surface area contributed by atoms with Crippen molar-refractivity contribution < 1.29 is 19.0 Å². The van der Waals surface area contributed by atoms with Crippen LogP contribution < -0.4 is 9.47 Å². The minimum absolute atomic E-state index is 0.0987. The third-order valence-electron chi connectivity index (χ3n) is 2.44. The molecule has 0 N–H and O–H groups in total. The minimum atomic E-state index is -0.674. The van der Waals surface area contributed by atoms with Crippen LogP contribution in [0.4, 0.5) is 0 Å². The number of carbonyl (C=O) groups excluding carboxylic acids is 1. The summed E-state index contributed by atoms with van der Waals surface area (Å²) in [5.74, 6) is 0.0333. The molecule has 0 bridgehead atoms. The molecule has 2 aromatic rings. The molecule has 1 heterocycles. The molecule has 2 rings (SSSR count). The van der Waals surface area contributed by atoms with Crippen LogP contribution in [0.25, 0.3) is 0 Å². The number of carbonyl (C=O) groups is 1. The van der Waals surface area contributed by atoms with Crippen LogP contribution >= 0.6 is 11.6 Å². The molecular formula is C14H12ClNO4. The van der Waals surface area contributed by atoms with Crippen LogP contribution in [-0.2, 0) is 4.74 Å². The van der Waals surface area contributed by atoms with Crippen LogP contribution in [-0.4, -0.2) is 12.6 Å². The van der Waals surface area contributed by atoms with Gasteiger partial charge in [-0.05, 0) is 25.1 Å². The second-order valence-corrected chi connectivity index (χ2v) is 4.24. The molecule has 0 saturated heterocycles. The number of esters is 1. The zero-order chi connectivity index (χ0) is 14.5. The summed E-state index contributed by atoms with van der Waals surface area (Å²) in [6.07, 6.45) is 1.15. The van der Waals surface area contributed by atoms with E-state index in [1.54, 1.807) is 31.2 Å². The molecule has 0 saturated carbocycles. The number of nitrogens with zero attached hydrogens (tertiary/aromatic N) is 1. The first-order chi connectivity index (χ1) is 9.61. The molecule has 0 aliphatic carbocycles. The summed E-state index contributed by atoms with van der Waals surface area (Å²) in [4.78, 5) is 11.5. The molecule has 1 aromatic heterocycles. The SMILES string of the molecule is CCOC(=O)c1ccc(Oc2ccccc2Cl)c[n+]1[O-]. The van der Waals surface area contributed by atoms with E-state index < -0.39 is 5.97 Å².